The molecular formula is C14H15Cl2OTi. The van der Waals surface area contributed by atoms with Crippen LogP contribution in [0.4, 0.5) is 0 Å². The quantitative estimate of drug-likeness (QED) is 0.575. The van der Waals surface area contributed by atoms with Crippen molar-refractivity contribution < 1.29 is 49.0 Å². The van der Waals surface area contributed by atoms with Crippen LogP contribution in [0.5, 0.6) is 0 Å². The number of allylic oxidation sites excluding steroid dienone is 4. The minimum atomic E-state index is 0. The Balaban J connectivity index is 0.00000144. The van der Waals surface area contributed by atoms with Gasteiger partial charge in [-0.05, 0) is 0 Å². The van der Waals surface area contributed by atoms with E-state index in [1.54, 1.807) is 20.8 Å². The second-order valence-corrected chi connectivity index (χ2v) is 4.59. The van der Waals surface area contributed by atoms with Gasteiger partial charge in [0, 0.05) is 0 Å². The van der Waals surface area contributed by atoms with Gasteiger partial charge < -0.3 is 24.8 Å². The smallest absolute Gasteiger partial charge is 1.00 e. The fraction of sp³-hybridized carbons (Fsp3) is 0.286. The Labute approximate surface area is 133 Å². The zero-order valence-corrected chi connectivity index (χ0v) is 13.5. The van der Waals surface area contributed by atoms with Crippen molar-refractivity contribution in [3.05, 3.63) is 52.6 Å². The van der Waals surface area contributed by atoms with E-state index >= 15 is 0 Å². The van der Waals surface area contributed by atoms with E-state index in [1.165, 1.54) is 27.8 Å². The van der Waals surface area contributed by atoms with Gasteiger partial charge in [-0.25, -0.2) is 0 Å². The Morgan fingerprint density at radius 1 is 1.17 bits per heavy atom. The predicted molar refractivity (Wildman–Crippen MR) is 62.2 cm³/mol. The summed E-state index contributed by atoms with van der Waals surface area (Å²) in [6.07, 6.45) is 3.35. The number of halogens is 2. The van der Waals surface area contributed by atoms with Crippen molar-refractivity contribution in [1.82, 2.24) is 0 Å². The van der Waals surface area contributed by atoms with E-state index in [0.29, 0.717) is 6.61 Å². The van der Waals surface area contributed by atoms with Crippen LogP contribution < -0.4 is 24.8 Å². The van der Waals surface area contributed by atoms with E-state index in [1.807, 2.05) is 0 Å². The largest absolute Gasteiger partial charge is 1.00 e. The molecule has 0 heterocycles. The number of hydrogen-bond donors (Lipinski definition) is 0. The minimum absolute atomic E-state index is 0. The normalized spacial score (nSPS) is 13.9. The topological polar surface area (TPSA) is 9.23 Å². The summed E-state index contributed by atoms with van der Waals surface area (Å²) < 4.78 is 5.25. The van der Waals surface area contributed by atoms with Crippen molar-refractivity contribution in [1.29, 1.82) is 0 Å². The summed E-state index contributed by atoms with van der Waals surface area (Å²) >= 11 is 1.75. The van der Waals surface area contributed by atoms with Gasteiger partial charge >= 0.3 is 109 Å². The molecule has 18 heavy (non-hydrogen) atoms. The Morgan fingerprint density at radius 2 is 1.83 bits per heavy atom. The van der Waals surface area contributed by atoms with Crippen LogP contribution in [-0.2, 0) is 30.7 Å². The minimum Gasteiger partial charge on any atom is -1.00 e. The van der Waals surface area contributed by atoms with E-state index in [0.717, 1.165) is 6.42 Å². The molecule has 1 nitrogen and oxygen atoms in total. The first-order valence-electron chi connectivity index (χ1n) is 5.47. The molecule has 0 spiro atoms. The van der Waals surface area contributed by atoms with Gasteiger partial charge in [-0.3, -0.25) is 0 Å². The van der Waals surface area contributed by atoms with Crippen molar-refractivity contribution in [2.24, 2.45) is 0 Å². The molecule has 0 N–H and O–H groups in total. The predicted octanol–water partition coefficient (Wildman–Crippen LogP) is -2.20. The third-order valence-corrected chi connectivity index (χ3v) is 3.45. The average Bonchev–Trinajstić information content (AvgIpc) is 2.61. The monoisotopic (exact) mass is 317 g/mol. The summed E-state index contributed by atoms with van der Waals surface area (Å²) in [6.45, 7) is 5.07. The summed E-state index contributed by atoms with van der Waals surface area (Å²) in [6, 6.07) is 8.51. The first kappa shape index (κ1) is 18.0. The zero-order chi connectivity index (χ0) is 11.5. The molecule has 1 aromatic rings. The average molecular weight is 318 g/mol. The summed E-state index contributed by atoms with van der Waals surface area (Å²) in [5.41, 5.74) is 6.90. The summed E-state index contributed by atoms with van der Waals surface area (Å²) in [7, 11) is 0. The van der Waals surface area contributed by atoms with Crippen molar-refractivity contribution in [2.75, 3.05) is 0 Å². The molecular weight excluding hydrogens is 303 g/mol. The van der Waals surface area contributed by atoms with Crippen molar-refractivity contribution in [2.45, 2.75) is 26.9 Å². The Hall–Kier alpha value is -0.0457. The standard InChI is InChI=1S/C14H15O.2ClH.Ti/c1-10-7-8-13(11(10)2)14-6-4-3-5-12(14)9-15;;;/h3-7H,8-9H2,1-2H3;2*1H;/q-1;;;+3/p-2. The van der Waals surface area contributed by atoms with Gasteiger partial charge in [0.15, 0.2) is 0 Å². The van der Waals surface area contributed by atoms with E-state index < -0.39 is 0 Å². The molecule has 1 aliphatic carbocycles. The number of hydrogen-bond acceptors (Lipinski definition) is 1. The van der Waals surface area contributed by atoms with Crippen LogP contribution in [0.1, 0.15) is 31.4 Å². The molecule has 95 valence electrons. The summed E-state index contributed by atoms with van der Waals surface area (Å²) in [4.78, 5) is 0. The Kier molecular flexibility index (Phi) is 8.17. The first-order valence-corrected chi connectivity index (χ1v) is 6.11. The molecule has 0 atom stereocenters. The summed E-state index contributed by atoms with van der Waals surface area (Å²) in [5.74, 6) is 0. The maximum atomic E-state index is 5.25. The van der Waals surface area contributed by atoms with Gasteiger partial charge in [-0.2, -0.15) is 0 Å². The van der Waals surface area contributed by atoms with Crippen LogP contribution in [0.25, 0.3) is 5.57 Å². The maximum Gasteiger partial charge on any atom is -1.00 e. The van der Waals surface area contributed by atoms with Crippen LogP contribution in [0, 0.1) is 0 Å². The van der Waals surface area contributed by atoms with Gasteiger partial charge in [-0.1, -0.05) is 0 Å². The Morgan fingerprint density at radius 3 is 2.39 bits per heavy atom. The summed E-state index contributed by atoms with van der Waals surface area (Å²) in [5, 5.41) is 0. The first-order chi connectivity index (χ1) is 7.74. The van der Waals surface area contributed by atoms with Crippen LogP contribution in [0.2, 0.25) is 0 Å². The fourth-order valence-corrected chi connectivity index (χ4v) is 2.37. The third-order valence-electron chi connectivity index (χ3n) is 3.23. The molecule has 1 aromatic carbocycles. The van der Waals surface area contributed by atoms with Gasteiger partial charge in [0.2, 0.25) is 0 Å². The van der Waals surface area contributed by atoms with Gasteiger partial charge in [0.1, 0.15) is 0 Å². The zero-order valence-electron chi connectivity index (χ0n) is 10.5. The molecule has 4 heteroatoms. The Bertz CT molecular complexity index is 467. The van der Waals surface area contributed by atoms with Crippen LogP contribution in [0.3, 0.4) is 0 Å². The molecule has 0 saturated carbocycles. The van der Waals surface area contributed by atoms with Gasteiger partial charge in [0.05, 0.1) is 0 Å². The molecule has 0 bridgehead atoms. The molecule has 0 amide bonds. The van der Waals surface area contributed by atoms with Gasteiger partial charge in [-0.15, -0.1) is 0 Å². The molecule has 0 aromatic heterocycles. The molecule has 0 radical (unpaired) electrons. The van der Waals surface area contributed by atoms with E-state index in [-0.39, 0.29) is 24.8 Å². The molecule has 0 saturated heterocycles. The fourth-order valence-electron chi connectivity index (χ4n) is 2.13. The van der Waals surface area contributed by atoms with Crippen LogP contribution in [0.15, 0.2) is 41.5 Å². The van der Waals surface area contributed by atoms with Gasteiger partial charge in [0.25, 0.3) is 0 Å². The van der Waals surface area contributed by atoms with Crippen LogP contribution in [-0.4, -0.2) is 0 Å². The number of rotatable bonds is 3. The molecule has 0 unspecified atom stereocenters. The molecule has 2 rings (SSSR count). The van der Waals surface area contributed by atoms with Crippen molar-refractivity contribution >= 4 is 5.57 Å². The van der Waals surface area contributed by atoms with Crippen LogP contribution >= 0.6 is 0 Å². The molecule has 0 fully saturated rings. The van der Waals surface area contributed by atoms with E-state index in [4.69, 9.17) is 3.32 Å². The molecule has 0 aliphatic heterocycles. The second kappa shape index (κ2) is 8.19. The maximum absolute atomic E-state index is 5.25. The number of benzene rings is 1. The molecule has 1 aliphatic rings. The van der Waals surface area contributed by atoms with E-state index in [2.05, 4.69) is 44.2 Å². The second-order valence-electron chi connectivity index (χ2n) is 4.14. The van der Waals surface area contributed by atoms with E-state index in [9.17, 15) is 0 Å². The van der Waals surface area contributed by atoms with Crippen molar-refractivity contribution in [3.8, 4) is 0 Å². The van der Waals surface area contributed by atoms with Crippen molar-refractivity contribution in [3.63, 3.8) is 0 Å². The SMILES string of the molecule is CC1=CCC(c2ccccc2C[O][Ti+2])=C1C.[Cl-].[Cl-]. The third kappa shape index (κ3) is 3.72.